The van der Waals surface area contributed by atoms with Gasteiger partial charge < -0.3 is 14.2 Å². The van der Waals surface area contributed by atoms with E-state index in [9.17, 15) is 0 Å². The third-order valence-electron chi connectivity index (χ3n) is 15.0. The van der Waals surface area contributed by atoms with Crippen LogP contribution in [-0.4, -0.2) is 19.8 Å². The molecule has 0 N–H and O–H groups in total. The van der Waals surface area contributed by atoms with Crippen LogP contribution < -0.4 is 14.2 Å². The molecule has 7 aromatic carbocycles. The summed E-state index contributed by atoms with van der Waals surface area (Å²) < 4.78 is 20.9. The number of ether oxygens (including phenoxy) is 3. The van der Waals surface area contributed by atoms with Crippen LogP contribution in [0.1, 0.15) is 193 Å². The molecule has 0 aromatic heterocycles. The second-order valence-corrected chi connectivity index (χ2v) is 20.9. The average molecular weight is 967 g/mol. The molecule has 0 spiro atoms. The van der Waals surface area contributed by atoms with Crippen LogP contribution in [0.3, 0.4) is 0 Å². The molecule has 0 aliphatic carbocycles. The lowest BCUT2D eigenvalue weighted by atomic mass is 9.87. The Morgan fingerprint density at radius 2 is 0.486 bits per heavy atom. The zero-order valence-corrected chi connectivity index (χ0v) is 45.7. The molecule has 3 heteroatoms. The van der Waals surface area contributed by atoms with Crippen LogP contribution in [0.15, 0.2) is 109 Å². The van der Waals surface area contributed by atoms with Gasteiger partial charge in [0.05, 0.1) is 19.8 Å². The summed E-state index contributed by atoms with van der Waals surface area (Å²) in [6, 6.07) is 42.5. The summed E-state index contributed by atoms with van der Waals surface area (Å²) in [5, 5.41) is 7.26. The molecule has 0 heterocycles. The van der Waals surface area contributed by atoms with Crippen molar-refractivity contribution in [1.82, 2.24) is 0 Å². The molecule has 0 atom stereocenters. The molecule has 7 aromatic rings. The molecular weight excluding hydrogens is 877 g/mol. The molecule has 3 nitrogen and oxygen atoms in total. The van der Waals surface area contributed by atoms with Gasteiger partial charge in [-0.05, 0) is 160 Å². The Morgan fingerprint density at radius 3 is 0.736 bits per heavy atom. The first-order chi connectivity index (χ1) is 35.5. The monoisotopic (exact) mass is 967 g/mol. The lowest BCUT2D eigenvalue weighted by molar-refractivity contribution is 0.306. The standard InChI is InChI=1S/C69H90O3/c1-7-13-19-25-43-70-67-49-64-61(46-58(67)55-37-31-52(32-38-55)28-22-16-10-4)65-50-68(71-44-26-20-14-8-2)60(57-41-35-54(36-42-57)30-24-18-12-6)48-63(65)66-51-69(72-45-27-21-15-9-3)59(47-62(64)66)56-39-33-53(34-40-56)29-23-17-11-5/h31-42,46-51H,7-30,43-45H2,1-6H3. The van der Waals surface area contributed by atoms with Gasteiger partial charge in [-0.3, -0.25) is 0 Å². The van der Waals surface area contributed by atoms with Crippen LogP contribution in [0.2, 0.25) is 0 Å². The number of rotatable bonds is 33. The lowest BCUT2D eigenvalue weighted by Gasteiger charge is -2.21. The largest absolute Gasteiger partial charge is 0.493 e. The van der Waals surface area contributed by atoms with Crippen LogP contribution in [0.5, 0.6) is 17.2 Å². The Morgan fingerprint density at radius 1 is 0.250 bits per heavy atom. The van der Waals surface area contributed by atoms with Crippen molar-refractivity contribution in [3.05, 3.63) is 126 Å². The van der Waals surface area contributed by atoms with Crippen LogP contribution in [-0.2, 0) is 19.3 Å². The van der Waals surface area contributed by atoms with E-state index in [0.717, 1.165) is 72.5 Å². The van der Waals surface area contributed by atoms with Gasteiger partial charge in [-0.25, -0.2) is 0 Å². The van der Waals surface area contributed by atoms with E-state index in [1.54, 1.807) is 0 Å². The molecule has 0 aliphatic rings. The Labute approximate surface area is 436 Å². The lowest BCUT2D eigenvalue weighted by Crippen LogP contribution is -2.02. The highest BCUT2D eigenvalue weighted by molar-refractivity contribution is 6.28. The summed E-state index contributed by atoms with van der Waals surface area (Å²) in [6.45, 7) is 15.8. The van der Waals surface area contributed by atoms with Gasteiger partial charge in [0.15, 0.2) is 0 Å². The van der Waals surface area contributed by atoms with Crippen LogP contribution in [0, 0.1) is 0 Å². The first kappa shape index (κ1) is 54.5. The molecule has 7 rings (SSSR count). The second-order valence-electron chi connectivity index (χ2n) is 20.9. The highest BCUT2D eigenvalue weighted by Gasteiger charge is 2.21. The topological polar surface area (TPSA) is 27.7 Å². The summed E-state index contributed by atoms with van der Waals surface area (Å²) in [5.41, 5.74) is 11.2. The van der Waals surface area contributed by atoms with Gasteiger partial charge in [-0.15, -0.1) is 0 Å². The summed E-state index contributed by atoms with van der Waals surface area (Å²) >= 11 is 0. The zero-order valence-electron chi connectivity index (χ0n) is 45.7. The molecular formula is C69H90O3. The highest BCUT2D eigenvalue weighted by Crippen LogP contribution is 2.48. The van der Waals surface area contributed by atoms with Crippen molar-refractivity contribution in [2.24, 2.45) is 0 Å². The van der Waals surface area contributed by atoms with E-state index in [4.69, 9.17) is 14.2 Å². The van der Waals surface area contributed by atoms with E-state index in [2.05, 4.69) is 151 Å². The summed E-state index contributed by atoms with van der Waals surface area (Å²) in [4.78, 5) is 0. The Hall–Kier alpha value is -5.28. The normalized spacial score (nSPS) is 11.6. The minimum atomic E-state index is 0.696. The Bertz CT molecular complexity index is 2360. The van der Waals surface area contributed by atoms with Crippen molar-refractivity contribution >= 4 is 32.3 Å². The highest BCUT2D eigenvalue weighted by atomic mass is 16.5. The first-order valence-corrected chi connectivity index (χ1v) is 29.2. The van der Waals surface area contributed by atoms with Crippen molar-refractivity contribution in [3.63, 3.8) is 0 Å². The summed E-state index contributed by atoms with van der Waals surface area (Å²) in [5.74, 6) is 2.86. The van der Waals surface area contributed by atoms with E-state index in [0.29, 0.717) is 19.8 Å². The third kappa shape index (κ3) is 14.9. The SMILES string of the molecule is CCCCCCOc1cc2c(cc1-c1ccc(CCCCC)cc1)c1cc(OCCCCCC)c(-c3ccc(CCCCC)cc3)cc1c1cc(OCCCCCC)c(-c3ccc(CCCCC)cc3)cc21. The predicted octanol–water partition coefficient (Wildman–Crippen LogP) is 21.2. The van der Waals surface area contributed by atoms with Gasteiger partial charge in [0.1, 0.15) is 17.2 Å². The van der Waals surface area contributed by atoms with Crippen LogP contribution in [0.25, 0.3) is 65.7 Å². The fourth-order valence-electron chi connectivity index (χ4n) is 10.5. The van der Waals surface area contributed by atoms with E-state index in [1.165, 1.54) is 181 Å². The molecule has 72 heavy (non-hydrogen) atoms. The zero-order chi connectivity index (χ0) is 50.3. The maximum atomic E-state index is 6.97. The minimum Gasteiger partial charge on any atom is -0.493 e. The maximum Gasteiger partial charge on any atom is 0.127 e. The second kappa shape index (κ2) is 29.4. The van der Waals surface area contributed by atoms with Gasteiger partial charge in [-0.2, -0.15) is 0 Å². The van der Waals surface area contributed by atoms with Gasteiger partial charge in [0.2, 0.25) is 0 Å². The maximum absolute atomic E-state index is 6.97. The first-order valence-electron chi connectivity index (χ1n) is 29.2. The molecule has 0 amide bonds. The predicted molar refractivity (Wildman–Crippen MR) is 314 cm³/mol. The van der Waals surface area contributed by atoms with E-state index < -0.39 is 0 Å². The Balaban J connectivity index is 1.50. The molecule has 0 fully saturated rings. The van der Waals surface area contributed by atoms with Crippen LogP contribution in [0.4, 0.5) is 0 Å². The van der Waals surface area contributed by atoms with Gasteiger partial charge in [0.25, 0.3) is 0 Å². The minimum absolute atomic E-state index is 0.696. The summed E-state index contributed by atoms with van der Waals surface area (Å²) in [6.07, 6.45) is 28.4. The van der Waals surface area contributed by atoms with Crippen molar-refractivity contribution < 1.29 is 14.2 Å². The number of hydrogen-bond acceptors (Lipinski definition) is 3. The van der Waals surface area contributed by atoms with Crippen molar-refractivity contribution in [2.75, 3.05) is 19.8 Å². The molecule has 384 valence electrons. The number of aryl methyl sites for hydroxylation is 3. The van der Waals surface area contributed by atoms with Crippen molar-refractivity contribution in [2.45, 2.75) is 196 Å². The third-order valence-corrected chi connectivity index (χ3v) is 15.0. The van der Waals surface area contributed by atoms with Crippen molar-refractivity contribution in [3.8, 4) is 50.6 Å². The smallest absolute Gasteiger partial charge is 0.127 e. The quantitative estimate of drug-likeness (QED) is 0.0303. The number of unbranched alkanes of at least 4 members (excludes halogenated alkanes) is 15. The fraction of sp³-hybridized carbons (Fsp3) is 0.478. The fourth-order valence-corrected chi connectivity index (χ4v) is 10.5. The van der Waals surface area contributed by atoms with Gasteiger partial charge in [-0.1, -0.05) is 211 Å². The average Bonchev–Trinajstić information content (AvgIpc) is 3.41. The van der Waals surface area contributed by atoms with E-state index >= 15 is 0 Å². The molecule has 0 saturated heterocycles. The molecule has 0 saturated carbocycles. The van der Waals surface area contributed by atoms with Gasteiger partial charge >= 0.3 is 0 Å². The number of hydrogen-bond donors (Lipinski definition) is 0. The molecule has 0 unspecified atom stereocenters. The summed E-state index contributed by atoms with van der Waals surface area (Å²) in [7, 11) is 0. The van der Waals surface area contributed by atoms with E-state index in [1.807, 2.05) is 0 Å². The van der Waals surface area contributed by atoms with Crippen LogP contribution >= 0.6 is 0 Å². The number of fused-ring (bicyclic) bond motifs is 6. The number of benzene rings is 7. The van der Waals surface area contributed by atoms with Gasteiger partial charge in [0, 0.05) is 16.7 Å². The molecule has 0 aliphatic heterocycles. The van der Waals surface area contributed by atoms with Crippen molar-refractivity contribution in [1.29, 1.82) is 0 Å². The van der Waals surface area contributed by atoms with E-state index in [-0.39, 0.29) is 0 Å². The molecule has 0 radical (unpaired) electrons. The molecule has 0 bridgehead atoms. The Kier molecular flexibility index (Phi) is 22.3.